The Morgan fingerprint density at radius 1 is 1.18 bits per heavy atom. The van der Waals surface area contributed by atoms with Gasteiger partial charge < -0.3 is 14.2 Å². The molecular weight excluding hydrogens is 290 g/mol. The molecule has 1 aromatic carbocycles. The summed E-state index contributed by atoms with van der Waals surface area (Å²) in [4.78, 5) is 33.8. The minimum atomic E-state index is -1.07. The third-order valence-electron chi connectivity index (χ3n) is 2.63. The maximum Gasteiger partial charge on any atom is 0.413 e. The molecule has 0 bridgehead atoms. The number of carbonyl (C=O) groups excluding carboxylic acids is 3. The summed E-state index contributed by atoms with van der Waals surface area (Å²) in [6, 6.07) is 9.22. The normalized spacial score (nSPS) is 11.2. The van der Waals surface area contributed by atoms with Gasteiger partial charge in [0.15, 0.2) is 6.10 Å². The van der Waals surface area contributed by atoms with Crippen LogP contribution in [0.2, 0.25) is 0 Å². The lowest BCUT2D eigenvalue weighted by molar-refractivity contribution is -0.154. The van der Waals surface area contributed by atoms with Gasteiger partial charge in [0, 0.05) is 6.42 Å². The fraction of sp³-hybridized carbons (Fsp3) is 0.400. The van der Waals surface area contributed by atoms with Crippen LogP contribution in [-0.4, -0.2) is 37.8 Å². The number of benzene rings is 1. The molecule has 1 N–H and O–H groups in total. The van der Waals surface area contributed by atoms with Gasteiger partial charge in [0.2, 0.25) is 0 Å². The first kappa shape index (κ1) is 17.5. The number of alkyl carbamates (subject to hydrolysis) is 1. The molecule has 2 amide bonds. The van der Waals surface area contributed by atoms with Crippen LogP contribution in [0.1, 0.15) is 19.8 Å². The second-order valence-electron chi connectivity index (χ2n) is 4.38. The van der Waals surface area contributed by atoms with Crippen molar-refractivity contribution in [3.05, 3.63) is 30.3 Å². The predicted molar refractivity (Wildman–Crippen MR) is 77.3 cm³/mol. The SMILES string of the molecule is COC(=O)NC(=O)[C@H](C)OC(=O)CCCOc1ccccc1. The first-order chi connectivity index (χ1) is 10.5. The first-order valence-electron chi connectivity index (χ1n) is 6.79. The maximum atomic E-state index is 11.6. The highest BCUT2D eigenvalue weighted by Crippen LogP contribution is 2.09. The number of methoxy groups -OCH3 is 1. The van der Waals surface area contributed by atoms with Gasteiger partial charge in [-0.25, -0.2) is 4.79 Å². The van der Waals surface area contributed by atoms with Gasteiger partial charge in [0.05, 0.1) is 13.7 Å². The second kappa shape index (κ2) is 9.38. The van der Waals surface area contributed by atoms with Crippen molar-refractivity contribution in [1.82, 2.24) is 5.32 Å². The summed E-state index contributed by atoms with van der Waals surface area (Å²) in [6.07, 6.45) is -1.40. The van der Waals surface area contributed by atoms with Crippen LogP contribution in [0.5, 0.6) is 5.75 Å². The molecule has 1 aromatic rings. The van der Waals surface area contributed by atoms with Gasteiger partial charge in [-0.05, 0) is 25.5 Å². The molecule has 120 valence electrons. The van der Waals surface area contributed by atoms with Crippen molar-refractivity contribution in [2.24, 2.45) is 0 Å². The molecule has 7 heteroatoms. The highest BCUT2D eigenvalue weighted by molar-refractivity contribution is 5.94. The first-order valence-corrected chi connectivity index (χ1v) is 6.79. The topological polar surface area (TPSA) is 90.9 Å². The smallest absolute Gasteiger partial charge is 0.413 e. The van der Waals surface area contributed by atoms with E-state index < -0.39 is 24.1 Å². The average molecular weight is 309 g/mol. The Morgan fingerprint density at radius 2 is 1.86 bits per heavy atom. The molecule has 0 spiro atoms. The van der Waals surface area contributed by atoms with Gasteiger partial charge in [-0.2, -0.15) is 0 Å². The van der Waals surface area contributed by atoms with Gasteiger partial charge in [0.25, 0.3) is 5.91 Å². The number of imide groups is 1. The summed E-state index contributed by atoms with van der Waals surface area (Å²) in [6.45, 7) is 1.73. The van der Waals surface area contributed by atoms with Crippen LogP contribution in [-0.2, 0) is 19.1 Å². The molecule has 0 aliphatic heterocycles. The van der Waals surface area contributed by atoms with E-state index in [2.05, 4.69) is 4.74 Å². The molecule has 7 nitrogen and oxygen atoms in total. The van der Waals surface area contributed by atoms with Crippen molar-refractivity contribution in [3.63, 3.8) is 0 Å². The lowest BCUT2D eigenvalue weighted by atomic mass is 10.3. The van der Waals surface area contributed by atoms with E-state index in [1.165, 1.54) is 6.92 Å². The fourth-order valence-electron chi connectivity index (χ4n) is 1.49. The predicted octanol–water partition coefficient (Wildman–Crippen LogP) is 1.66. The molecule has 22 heavy (non-hydrogen) atoms. The van der Waals surface area contributed by atoms with Gasteiger partial charge in [-0.1, -0.05) is 18.2 Å². The van der Waals surface area contributed by atoms with Gasteiger partial charge in [-0.15, -0.1) is 0 Å². The van der Waals surface area contributed by atoms with Crippen molar-refractivity contribution < 1.29 is 28.6 Å². The Bertz CT molecular complexity index is 502. The van der Waals surface area contributed by atoms with E-state index >= 15 is 0 Å². The third kappa shape index (κ3) is 6.74. The number of para-hydroxylation sites is 1. The van der Waals surface area contributed by atoms with Crippen LogP contribution in [0, 0.1) is 0 Å². The number of esters is 1. The molecule has 0 saturated heterocycles. The zero-order chi connectivity index (χ0) is 16.4. The molecule has 0 heterocycles. The van der Waals surface area contributed by atoms with Crippen molar-refractivity contribution in [2.75, 3.05) is 13.7 Å². The zero-order valence-corrected chi connectivity index (χ0v) is 12.5. The number of nitrogens with one attached hydrogen (secondary N) is 1. The summed E-state index contributed by atoms with van der Waals surface area (Å²) in [5.41, 5.74) is 0. The molecule has 0 radical (unpaired) electrons. The van der Waals surface area contributed by atoms with Crippen molar-refractivity contribution >= 4 is 18.0 Å². The quantitative estimate of drug-likeness (QED) is 0.608. The van der Waals surface area contributed by atoms with Crippen LogP contribution in [0.4, 0.5) is 4.79 Å². The molecule has 1 rings (SSSR count). The largest absolute Gasteiger partial charge is 0.494 e. The minimum absolute atomic E-state index is 0.114. The van der Waals surface area contributed by atoms with E-state index in [0.717, 1.165) is 12.9 Å². The van der Waals surface area contributed by atoms with Gasteiger partial charge in [-0.3, -0.25) is 14.9 Å². The monoisotopic (exact) mass is 309 g/mol. The molecule has 0 unspecified atom stereocenters. The summed E-state index contributed by atoms with van der Waals surface area (Å²) in [5.74, 6) is -0.549. The summed E-state index contributed by atoms with van der Waals surface area (Å²) < 4.78 is 14.6. The van der Waals surface area contributed by atoms with Crippen LogP contribution >= 0.6 is 0 Å². The third-order valence-corrected chi connectivity index (χ3v) is 2.63. The number of hydrogen-bond acceptors (Lipinski definition) is 6. The Balaban J connectivity index is 2.20. The Labute approximate surface area is 128 Å². The number of ether oxygens (including phenoxy) is 3. The molecule has 0 fully saturated rings. The maximum absolute atomic E-state index is 11.6. The van der Waals surface area contributed by atoms with Crippen LogP contribution in [0.25, 0.3) is 0 Å². The van der Waals surface area contributed by atoms with Gasteiger partial charge >= 0.3 is 12.1 Å². The van der Waals surface area contributed by atoms with Crippen LogP contribution < -0.4 is 10.1 Å². The molecule has 1 atom stereocenters. The average Bonchev–Trinajstić information content (AvgIpc) is 2.52. The molecule has 0 aliphatic carbocycles. The van der Waals surface area contributed by atoms with Crippen LogP contribution in [0.15, 0.2) is 30.3 Å². The van der Waals surface area contributed by atoms with E-state index in [1.807, 2.05) is 35.6 Å². The van der Waals surface area contributed by atoms with Crippen molar-refractivity contribution in [3.8, 4) is 5.75 Å². The van der Waals surface area contributed by atoms with E-state index in [9.17, 15) is 14.4 Å². The van der Waals surface area contributed by atoms with Crippen molar-refractivity contribution in [1.29, 1.82) is 0 Å². The Hall–Kier alpha value is -2.57. The Morgan fingerprint density at radius 3 is 2.50 bits per heavy atom. The lowest BCUT2D eigenvalue weighted by Crippen LogP contribution is -2.39. The fourth-order valence-corrected chi connectivity index (χ4v) is 1.49. The van der Waals surface area contributed by atoms with E-state index in [4.69, 9.17) is 9.47 Å². The highest BCUT2D eigenvalue weighted by Gasteiger charge is 2.19. The van der Waals surface area contributed by atoms with Gasteiger partial charge in [0.1, 0.15) is 5.75 Å². The van der Waals surface area contributed by atoms with E-state index in [0.29, 0.717) is 13.0 Å². The standard InChI is InChI=1S/C15H19NO6/c1-11(14(18)16-15(19)20-2)22-13(17)9-6-10-21-12-7-4-3-5-8-12/h3-5,7-8,11H,6,9-10H2,1-2H3,(H,16,18,19)/t11-/m0/s1. The minimum Gasteiger partial charge on any atom is -0.494 e. The number of rotatable bonds is 7. The number of hydrogen-bond donors (Lipinski definition) is 1. The molecule has 0 aliphatic rings. The molecule has 0 aromatic heterocycles. The Kier molecular flexibility index (Phi) is 7.45. The summed E-state index contributed by atoms with van der Waals surface area (Å²) >= 11 is 0. The summed E-state index contributed by atoms with van der Waals surface area (Å²) in [5, 5.41) is 1.92. The zero-order valence-electron chi connectivity index (χ0n) is 12.5. The van der Waals surface area contributed by atoms with Crippen molar-refractivity contribution in [2.45, 2.75) is 25.9 Å². The highest BCUT2D eigenvalue weighted by atomic mass is 16.6. The lowest BCUT2D eigenvalue weighted by Gasteiger charge is -2.12. The number of carbonyl (C=O) groups is 3. The van der Waals surface area contributed by atoms with Crippen LogP contribution in [0.3, 0.4) is 0 Å². The van der Waals surface area contributed by atoms with E-state index in [1.54, 1.807) is 0 Å². The second-order valence-corrected chi connectivity index (χ2v) is 4.38. The summed E-state index contributed by atoms with van der Waals surface area (Å²) in [7, 11) is 1.13. The molecular formula is C15H19NO6. The number of amides is 2. The molecule has 0 saturated carbocycles. The van der Waals surface area contributed by atoms with E-state index in [-0.39, 0.29) is 6.42 Å².